The van der Waals surface area contributed by atoms with E-state index in [1.54, 1.807) is 0 Å². The Balaban J connectivity index is 5.20. The Bertz CT molecular complexity index is 217. The van der Waals surface area contributed by atoms with Gasteiger partial charge in [-0.05, 0) is 62.3 Å². The van der Waals surface area contributed by atoms with E-state index in [-0.39, 0.29) is 16.6 Å². The van der Waals surface area contributed by atoms with Gasteiger partial charge in [0.05, 0.1) is 10.4 Å². The van der Waals surface area contributed by atoms with E-state index in [9.17, 15) is 0 Å². The number of nitrogens with one attached hydrogen (secondary N) is 4. The van der Waals surface area contributed by atoms with Gasteiger partial charge in [0.15, 0.2) is 5.91 Å². The zero-order valence-corrected chi connectivity index (χ0v) is 16.0. The van der Waals surface area contributed by atoms with Crippen LogP contribution in [0, 0.1) is 0 Å². The molecule has 0 aromatic rings. The van der Waals surface area contributed by atoms with Gasteiger partial charge in [0.1, 0.15) is 0 Å². The number of hydrogen-bond donors (Lipinski definition) is 4. The molecule has 0 bridgehead atoms. The third-order valence-electron chi connectivity index (χ3n) is 2.06. The van der Waals surface area contributed by atoms with E-state index in [4.69, 9.17) is 0 Å². The fourth-order valence-electron chi connectivity index (χ4n) is 1.97. The van der Waals surface area contributed by atoms with E-state index >= 15 is 0 Å². The van der Waals surface area contributed by atoms with Crippen LogP contribution in [0.15, 0.2) is 0 Å². The van der Waals surface area contributed by atoms with E-state index in [0.717, 1.165) is 10.4 Å². The van der Waals surface area contributed by atoms with Crippen LogP contribution in [-0.4, -0.2) is 32.9 Å². The lowest BCUT2D eigenvalue weighted by molar-refractivity contribution is 0.0732. The summed E-state index contributed by atoms with van der Waals surface area (Å²) in [4.78, 5) is 3.49. The van der Waals surface area contributed by atoms with Gasteiger partial charge in [0.2, 0.25) is 0 Å². The van der Waals surface area contributed by atoms with Crippen molar-refractivity contribution in [3.63, 3.8) is 0 Å². The fourth-order valence-corrected chi connectivity index (χ4v) is 2.34. The predicted molar refractivity (Wildman–Crippen MR) is 84.5 cm³/mol. The summed E-state index contributed by atoms with van der Waals surface area (Å²) >= 11 is 0. The van der Waals surface area contributed by atoms with E-state index in [0.29, 0.717) is 0 Å². The molecule has 0 rings (SSSR count). The quantitative estimate of drug-likeness (QED) is 0.449. The summed E-state index contributed by atoms with van der Waals surface area (Å²) in [6.07, 6.45) is 0. The molecule has 4 nitrogen and oxygen atoms in total. The Labute approximate surface area is 117 Å². The second-order valence-electron chi connectivity index (χ2n) is 8.12. The van der Waals surface area contributed by atoms with Crippen LogP contribution in [0.1, 0.15) is 62.3 Å². The summed E-state index contributed by atoms with van der Waals surface area (Å²) in [5, 5.41) is 10.9. The Kier molecular flexibility index (Phi) is 5.60. The van der Waals surface area contributed by atoms with Gasteiger partial charge in [-0.2, -0.15) is 0 Å². The molecule has 0 aliphatic carbocycles. The third kappa shape index (κ3) is 8.21. The lowest BCUT2D eigenvalue weighted by atomic mass is 10.0. The smallest absolute Gasteiger partial charge is 0.175 e. The predicted octanol–water partition coefficient (Wildman–Crippen LogP) is 0.632. The summed E-state index contributed by atoms with van der Waals surface area (Å²) in [6, 6.07) is 0. The minimum absolute atomic E-state index is 0.00785. The maximum Gasteiger partial charge on any atom is 0.175 e. The standard InChI is InChI=1S/C13H34N4Si/c1-10(2,3)14-13(17-18,15-11(4,5)6)16-12(7,8)9/h14-17H,1-9,18H3. The van der Waals surface area contributed by atoms with Crippen LogP contribution in [0.2, 0.25) is 0 Å². The van der Waals surface area contributed by atoms with Gasteiger partial charge >= 0.3 is 0 Å². The van der Waals surface area contributed by atoms with Gasteiger partial charge in [-0.25, -0.2) is 0 Å². The largest absolute Gasteiger partial charge is 0.304 e. The van der Waals surface area contributed by atoms with E-state index in [1.807, 2.05) is 0 Å². The molecule has 110 valence electrons. The molecular weight excluding hydrogens is 240 g/mol. The van der Waals surface area contributed by atoms with Crippen molar-refractivity contribution in [2.45, 2.75) is 84.8 Å². The normalized spacial score (nSPS) is 15.2. The highest BCUT2D eigenvalue weighted by Gasteiger charge is 2.37. The van der Waals surface area contributed by atoms with Gasteiger partial charge in [0, 0.05) is 16.6 Å². The SMILES string of the molecule is CC(C)(C)NC(N[SiH3])(NC(C)(C)C)NC(C)(C)C. The Morgan fingerprint density at radius 1 is 0.556 bits per heavy atom. The van der Waals surface area contributed by atoms with E-state index < -0.39 is 5.91 Å². The highest BCUT2D eigenvalue weighted by molar-refractivity contribution is 6.04. The molecule has 0 aromatic heterocycles. The molecule has 0 spiro atoms. The highest BCUT2D eigenvalue weighted by Crippen LogP contribution is 2.13. The molecule has 0 aromatic carbocycles. The summed E-state index contributed by atoms with van der Waals surface area (Å²) < 4.78 is 0. The molecule has 4 N–H and O–H groups in total. The third-order valence-corrected chi connectivity index (χ3v) is 2.81. The van der Waals surface area contributed by atoms with Gasteiger partial charge < -0.3 is 4.98 Å². The van der Waals surface area contributed by atoms with Crippen LogP contribution < -0.4 is 20.9 Å². The molecule has 0 saturated heterocycles. The topological polar surface area (TPSA) is 48.1 Å². The Morgan fingerprint density at radius 3 is 0.889 bits per heavy atom. The van der Waals surface area contributed by atoms with Crippen molar-refractivity contribution in [2.75, 3.05) is 0 Å². The van der Waals surface area contributed by atoms with Crippen molar-refractivity contribution in [1.29, 1.82) is 0 Å². The first-order valence-corrected chi connectivity index (χ1v) is 7.75. The van der Waals surface area contributed by atoms with Gasteiger partial charge in [0.25, 0.3) is 0 Å². The van der Waals surface area contributed by atoms with Crippen molar-refractivity contribution in [3.8, 4) is 0 Å². The molecule has 0 aliphatic rings. The average Bonchev–Trinajstić information content (AvgIpc) is 1.93. The molecule has 0 atom stereocenters. The van der Waals surface area contributed by atoms with Crippen molar-refractivity contribution < 1.29 is 0 Å². The second-order valence-corrected chi connectivity index (χ2v) is 8.62. The van der Waals surface area contributed by atoms with Crippen molar-refractivity contribution in [1.82, 2.24) is 20.9 Å². The molecule has 0 heterocycles. The van der Waals surface area contributed by atoms with Crippen molar-refractivity contribution >= 4 is 10.4 Å². The molecule has 5 heteroatoms. The first-order chi connectivity index (χ1) is 7.68. The van der Waals surface area contributed by atoms with Gasteiger partial charge in [-0.1, -0.05) is 0 Å². The zero-order chi connectivity index (χ0) is 14.8. The van der Waals surface area contributed by atoms with Crippen LogP contribution >= 0.6 is 0 Å². The van der Waals surface area contributed by atoms with E-state index in [2.05, 4.69) is 83.2 Å². The molecule has 0 amide bonds. The Morgan fingerprint density at radius 2 is 0.778 bits per heavy atom. The monoisotopic (exact) mass is 274 g/mol. The van der Waals surface area contributed by atoms with Crippen molar-refractivity contribution in [2.24, 2.45) is 0 Å². The molecule has 0 radical (unpaired) electrons. The second kappa shape index (κ2) is 5.59. The maximum absolute atomic E-state index is 3.63. The minimum Gasteiger partial charge on any atom is -0.304 e. The Hall–Kier alpha value is 0.0569. The fraction of sp³-hybridized carbons (Fsp3) is 1.00. The van der Waals surface area contributed by atoms with Gasteiger partial charge in [-0.3, -0.25) is 16.0 Å². The van der Waals surface area contributed by atoms with Crippen LogP contribution in [0.4, 0.5) is 0 Å². The molecule has 0 saturated carbocycles. The molecular formula is C13H34N4Si. The lowest BCUT2D eigenvalue weighted by Crippen LogP contribution is -2.82. The zero-order valence-electron chi connectivity index (χ0n) is 14.0. The highest BCUT2D eigenvalue weighted by atomic mass is 28.2. The maximum atomic E-state index is 3.63. The van der Waals surface area contributed by atoms with Crippen LogP contribution in [0.25, 0.3) is 0 Å². The van der Waals surface area contributed by atoms with Crippen LogP contribution in [0.5, 0.6) is 0 Å². The molecule has 0 fully saturated rings. The average molecular weight is 275 g/mol. The summed E-state index contributed by atoms with van der Waals surface area (Å²) in [5.74, 6) is -0.443. The van der Waals surface area contributed by atoms with Crippen LogP contribution in [0.3, 0.4) is 0 Å². The first kappa shape index (κ1) is 18.1. The summed E-state index contributed by atoms with van der Waals surface area (Å²) in [5.41, 5.74) is 0.0235. The first-order valence-electron chi connectivity index (χ1n) is 6.75. The molecule has 18 heavy (non-hydrogen) atoms. The summed E-state index contributed by atoms with van der Waals surface area (Å²) in [7, 11) is 0.889. The van der Waals surface area contributed by atoms with Gasteiger partial charge in [-0.15, -0.1) is 0 Å². The van der Waals surface area contributed by atoms with Crippen LogP contribution in [-0.2, 0) is 0 Å². The summed E-state index contributed by atoms with van der Waals surface area (Å²) in [6.45, 7) is 19.6. The van der Waals surface area contributed by atoms with Crippen molar-refractivity contribution in [3.05, 3.63) is 0 Å². The lowest BCUT2D eigenvalue weighted by Gasteiger charge is -2.48. The van der Waals surface area contributed by atoms with E-state index in [1.165, 1.54) is 0 Å². The molecule has 0 aliphatic heterocycles. The molecule has 0 unspecified atom stereocenters. The minimum atomic E-state index is -0.443. The number of hydrogen-bond acceptors (Lipinski definition) is 4. The number of rotatable bonds is 4.